The fourth-order valence-corrected chi connectivity index (χ4v) is 2.63. The van der Waals surface area contributed by atoms with E-state index < -0.39 is 6.10 Å². The fourth-order valence-electron chi connectivity index (χ4n) is 2.63. The highest BCUT2D eigenvalue weighted by molar-refractivity contribution is 6.07. The molecule has 2 aromatic carbocycles. The highest BCUT2D eigenvalue weighted by Crippen LogP contribution is 2.28. The lowest BCUT2D eigenvalue weighted by Gasteiger charge is -2.14. The number of benzene rings is 2. The molecule has 3 rings (SSSR count). The maximum Gasteiger partial charge on any atom is 0.0803 e. The zero-order valence-corrected chi connectivity index (χ0v) is 13.2. The summed E-state index contributed by atoms with van der Waals surface area (Å²) in [6.45, 7) is 0.881. The molecule has 112 valence electrons. The van der Waals surface area contributed by atoms with Crippen LogP contribution in [0, 0.1) is 0 Å². The summed E-state index contributed by atoms with van der Waals surface area (Å²) in [5.74, 6) is 0. The van der Waals surface area contributed by atoms with Gasteiger partial charge >= 0.3 is 0 Å². The first kappa shape index (κ1) is 15.8. The second-order valence-electron chi connectivity index (χ2n) is 5.58. The number of para-hydroxylation sites is 1. The number of nitrogens with zero attached hydrogens (tertiary/aromatic N) is 1. The highest BCUT2D eigenvalue weighted by atomic mass is 35.5. The summed E-state index contributed by atoms with van der Waals surface area (Å²) in [6, 6.07) is 14.5. The van der Waals surface area contributed by atoms with Gasteiger partial charge in [0.1, 0.15) is 0 Å². The quantitative estimate of drug-likeness (QED) is 0.771. The zero-order chi connectivity index (χ0) is 14.1. The molecular weight excluding hydrogens is 284 g/mol. The topological polar surface area (TPSA) is 39.3 Å². The number of halogens is 1. The molecule has 0 bridgehead atoms. The molecule has 1 atom stereocenters. The van der Waals surface area contributed by atoms with Crippen molar-refractivity contribution in [1.29, 1.82) is 0 Å². The molecule has 0 amide bonds. The van der Waals surface area contributed by atoms with E-state index in [2.05, 4.69) is 40.2 Å². The Morgan fingerprint density at radius 1 is 1.05 bits per heavy atom. The van der Waals surface area contributed by atoms with Crippen LogP contribution in [0.1, 0.15) is 18.1 Å². The van der Waals surface area contributed by atoms with Crippen molar-refractivity contribution >= 4 is 34.2 Å². The van der Waals surface area contributed by atoms with E-state index in [0.717, 1.165) is 29.6 Å². The zero-order valence-electron chi connectivity index (χ0n) is 12.3. The van der Waals surface area contributed by atoms with Crippen molar-refractivity contribution in [3.05, 3.63) is 48.0 Å². The van der Waals surface area contributed by atoms with Gasteiger partial charge in [0.25, 0.3) is 0 Å². The van der Waals surface area contributed by atoms with Crippen molar-refractivity contribution in [3.63, 3.8) is 0 Å². The number of H-pyrrole nitrogens is 1. The van der Waals surface area contributed by atoms with E-state index in [0.29, 0.717) is 0 Å². The maximum atomic E-state index is 10.3. The second kappa shape index (κ2) is 6.48. The molecule has 4 heteroatoms. The van der Waals surface area contributed by atoms with Gasteiger partial charge in [-0.1, -0.05) is 30.3 Å². The summed E-state index contributed by atoms with van der Waals surface area (Å²) in [6.07, 6.45) is 0.340. The van der Waals surface area contributed by atoms with Gasteiger partial charge in [0.05, 0.1) is 6.10 Å². The van der Waals surface area contributed by atoms with E-state index in [1.807, 2.05) is 26.2 Å². The van der Waals surface area contributed by atoms with Crippen molar-refractivity contribution in [2.75, 3.05) is 20.6 Å². The van der Waals surface area contributed by atoms with E-state index in [9.17, 15) is 5.11 Å². The molecule has 0 aliphatic heterocycles. The number of nitrogens with one attached hydrogen (secondary N) is 1. The van der Waals surface area contributed by atoms with Gasteiger partial charge in [0.15, 0.2) is 0 Å². The average Bonchev–Trinajstić information content (AvgIpc) is 2.82. The third kappa shape index (κ3) is 3.21. The third-order valence-corrected chi connectivity index (χ3v) is 3.76. The van der Waals surface area contributed by atoms with E-state index in [1.165, 1.54) is 10.8 Å². The number of aliphatic hydroxyl groups is 1. The maximum absolute atomic E-state index is 10.3. The molecular formula is C17H21ClN2O. The highest BCUT2D eigenvalue weighted by Gasteiger charge is 2.10. The molecule has 0 saturated heterocycles. The van der Waals surface area contributed by atoms with Crippen LogP contribution >= 0.6 is 12.4 Å². The van der Waals surface area contributed by atoms with Crippen molar-refractivity contribution < 1.29 is 5.11 Å². The van der Waals surface area contributed by atoms with Gasteiger partial charge < -0.3 is 15.0 Å². The first-order chi connectivity index (χ1) is 9.65. The molecule has 1 aromatic heterocycles. The number of hydrogen-bond donors (Lipinski definition) is 2. The summed E-state index contributed by atoms with van der Waals surface area (Å²) in [4.78, 5) is 5.50. The van der Waals surface area contributed by atoms with Crippen LogP contribution in [0.4, 0.5) is 0 Å². The minimum absolute atomic E-state index is 0. The largest absolute Gasteiger partial charge is 0.388 e. The molecule has 0 aliphatic rings. The first-order valence-corrected chi connectivity index (χ1v) is 6.98. The molecule has 0 aliphatic carbocycles. The standard InChI is InChI=1S/C17H20N2O.ClH/c1-19(2)10-9-17(20)12-7-8-14-13-5-3-4-6-15(13)18-16(14)11-12;/h3-8,11,17-18,20H,9-10H2,1-2H3;1H. The lowest BCUT2D eigenvalue weighted by molar-refractivity contribution is 0.154. The lowest BCUT2D eigenvalue weighted by Crippen LogP contribution is -2.15. The van der Waals surface area contributed by atoms with Crippen LogP contribution < -0.4 is 0 Å². The van der Waals surface area contributed by atoms with Gasteiger partial charge in [-0.3, -0.25) is 0 Å². The van der Waals surface area contributed by atoms with Crippen LogP contribution in [0.5, 0.6) is 0 Å². The van der Waals surface area contributed by atoms with Gasteiger partial charge in [-0.25, -0.2) is 0 Å². The Morgan fingerprint density at radius 3 is 2.52 bits per heavy atom. The average molecular weight is 305 g/mol. The summed E-state index contributed by atoms with van der Waals surface area (Å²) >= 11 is 0. The Bertz CT molecular complexity index is 736. The molecule has 0 spiro atoms. The molecule has 1 heterocycles. The monoisotopic (exact) mass is 304 g/mol. The lowest BCUT2D eigenvalue weighted by atomic mass is 10.0. The predicted octanol–water partition coefficient (Wildman–Crippen LogP) is 3.73. The Kier molecular flexibility index (Phi) is 4.88. The SMILES string of the molecule is CN(C)CCC(O)c1ccc2c(c1)[nH]c1ccccc12.Cl. The van der Waals surface area contributed by atoms with E-state index in [1.54, 1.807) is 0 Å². The Hall–Kier alpha value is -1.55. The number of hydrogen-bond acceptors (Lipinski definition) is 2. The van der Waals surface area contributed by atoms with Crippen molar-refractivity contribution in [3.8, 4) is 0 Å². The van der Waals surface area contributed by atoms with Gasteiger partial charge in [-0.15, -0.1) is 12.4 Å². The van der Waals surface area contributed by atoms with E-state index in [-0.39, 0.29) is 12.4 Å². The number of aliphatic hydroxyl groups excluding tert-OH is 1. The summed E-state index contributed by atoms with van der Waals surface area (Å²) in [5.41, 5.74) is 3.21. The van der Waals surface area contributed by atoms with Gasteiger partial charge in [-0.05, 0) is 38.2 Å². The number of aromatic amines is 1. The fraction of sp³-hybridized carbons (Fsp3) is 0.294. The third-order valence-electron chi connectivity index (χ3n) is 3.76. The number of rotatable bonds is 4. The number of fused-ring (bicyclic) bond motifs is 3. The molecule has 21 heavy (non-hydrogen) atoms. The van der Waals surface area contributed by atoms with Crippen molar-refractivity contribution in [2.24, 2.45) is 0 Å². The minimum atomic E-state index is -0.409. The van der Waals surface area contributed by atoms with E-state index >= 15 is 0 Å². The molecule has 2 N–H and O–H groups in total. The first-order valence-electron chi connectivity index (χ1n) is 6.98. The van der Waals surface area contributed by atoms with Gasteiger partial charge in [0.2, 0.25) is 0 Å². The molecule has 3 nitrogen and oxygen atoms in total. The van der Waals surface area contributed by atoms with Crippen LogP contribution in [-0.4, -0.2) is 35.6 Å². The van der Waals surface area contributed by atoms with E-state index in [4.69, 9.17) is 0 Å². The second-order valence-corrected chi connectivity index (χ2v) is 5.58. The smallest absolute Gasteiger partial charge is 0.0803 e. The van der Waals surface area contributed by atoms with Crippen LogP contribution in [0.15, 0.2) is 42.5 Å². The Morgan fingerprint density at radius 2 is 1.76 bits per heavy atom. The van der Waals surface area contributed by atoms with Crippen LogP contribution in [0.3, 0.4) is 0 Å². The van der Waals surface area contributed by atoms with Crippen LogP contribution in [-0.2, 0) is 0 Å². The van der Waals surface area contributed by atoms with Crippen LogP contribution in [0.25, 0.3) is 21.8 Å². The Labute approximate surface area is 131 Å². The summed E-state index contributed by atoms with van der Waals surface area (Å²) < 4.78 is 0. The molecule has 1 unspecified atom stereocenters. The predicted molar refractivity (Wildman–Crippen MR) is 91.2 cm³/mol. The van der Waals surface area contributed by atoms with Gasteiger partial charge in [0, 0.05) is 28.4 Å². The minimum Gasteiger partial charge on any atom is -0.388 e. The normalized spacial score (nSPS) is 12.8. The van der Waals surface area contributed by atoms with Crippen molar-refractivity contribution in [1.82, 2.24) is 9.88 Å². The molecule has 0 radical (unpaired) electrons. The molecule has 3 aromatic rings. The van der Waals surface area contributed by atoms with Crippen LogP contribution in [0.2, 0.25) is 0 Å². The summed E-state index contributed by atoms with van der Waals surface area (Å²) in [5, 5.41) is 12.7. The summed E-state index contributed by atoms with van der Waals surface area (Å²) in [7, 11) is 4.04. The number of aromatic nitrogens is 1. The van der Waals surface area contributed by atoms with Gasteiger partial charge in [-0.2, -0.15) is 0 Å². The molecule has 0 fully saturated rings. The molecule has 0 saturated carbocycles. The Balaban J connectivity index is 0.00000161. The van der Waals surface area contributed by atoms with Crippen molar-refractivity contribution in [2.45, 2.75) is 12.5 Å².